The number of hydrogen-bond acceptors (Lipinski definition) is 5. The second-order valence-corrected chi connectivity index (χ2v) is 10.6. The molecular weight excluding hydrogens is 396 g/mol. The van der Waals surface area contributed by atoms with Crippen molar-refractivity contribution < 1.29 is 23.8 Å². The average molecular weight is 445 g/mol. The normalized spacial score (nSPS) is 12.5. The van der Waals surface area contributed by atoms with Crippen molar-refractivity contribution in [3.63, 3.8) is 0 Å². The lowest BCUT2D eigenvalue weighted by atomic mass is 9.80. The fourth-order valence-corrected chi connectivity index (χ4v) is 3.58. The zero-order chi connectivity index (χ0) is 23.9. The first kappa shape index (κ1) is 29.8. The van der Waals surface area contributed by atoms with Gasteiger partial charge in [-0.2, -0.15) is 0 Å². The number of carbonyl (C=O) groups is 2. The Bertz CT molecular complexity index is 504. The van der Waals surface area contributed by atoms with Crippen molar-refractivity contribution in [2.45, 2.75) is 80.2 Å². The van der Waals surface area contributed by atoms with Crippen molar-refractivity contribution in [1.29, 1.82) is 0 Å². The molecule has 0 aliphatic heterocycles. The van der Waals surface area contributed by atoms with Crippen LogP contribution < -0.4 is 10.6 Å². The zero-order valence-electron chi connectivity index (χ0n) is 21.3. The highest BCUT2D eigenvalue weighted by atomic mass is 16.5. The van der Waals surface area contributed by atoms with Crippen molar-refractivity contribution in [1.82, 2.24) is 10.6 Å². The van der Waals surface area contributed by atoms with E-state index in [9.17, 15) is 9.59 Å². The topological polar surface area (TPSA) is 85.9 Å². The van der Waals surface area contributed by atoms with Gasteiger partial charge in [-0.05, 0) is 37.5 Å². The molecule has 0 aromatic heterocycles. The number of nitrogens with one attached hydrogen (secondary N) is 2. The highest BCUT2D eigenvalue weighted by Crippen LogP contribution is 2.28. The summed E-state index contributed by atoms with van der Waals surface area (Å²) < 4.78 is 16.8. The number of hydrogen-bond donors (Lipinski definition) is 2. The summed E-state index contributed by atoms with van der Waals surface area (Å²) in [5.41, 5.74) is -0.335. The van der Waals surface area contributed by atoms with E-state index in [2.05, 4.69) is 38.3 Å². The molecule has 0 aliphatic carbocycles. The maximum absolute atomic E-state index is 12.1. The summed E-state index contributed by atoms with van der Waals surface area (Å²) >= 11 is 0. The van der Waals surface area contributed by atoms with Crippen LogP contribution in [-0.4, -0.2) is 63.5 Å². The molecule has 0 radical (unpaired) electrons. The highest BCUT2D eigenvalue weighted by molar-refractivity contribution is 5.77. The van der Waals surface area contributed by atoms with Crippen LogP contribution in [0.25, 0.3) is 0 Å². The van der Waals surface area contributed by atoms with Gasteiger partial charge in [0.05, 0.1) is 39.6 Å². The number of carbonyl (C=O) groups excluding carboxylic acids is 2. The summed E-state index contributed by atoms with van der Waals surface area (Å²) in [6.45, 7) is 20.2. The first-order valence-corrected chi connectivity index (χ1v) is 11.6. The van der Waals surface area contributed by atoms with Crippen LogP contribution in [0.2, 0.25) is 0 Å². The molecule has 0 heterocycles. The maximum Gasteiger partial charge on any atom is 0.220 e. The van der Waals surface area contributed by atoms with E-state index in [1.807, 2.05) is 27.7 Å². The Kier molecular flexibility index (Phi) is 15.0. The van der Waals surface area contributed by atoms with Gasteiger partial charge < -0.3 is 24.8 Å². The van der Waals surface area contributed by atoms with Gasteiger partial charge in [0, 0.05) is 24.9 Å². The van der Waals surface area contributed by atoms with E-state index in [1.54, 1.807) is 0 Å². The van der Waals surface area contributed by atoms with Crippen LogP contribution in [0.1, 0.15) is 74.7 Å². The fraction of sp³-hybridized carbons (Fsp3) is 0.917. The number of amides is 2. The molecule has 0 saturated heterocycles. The molecule has 0 spiro atoms. The summed E-state index contributed by atoms with van der Waals surface area (Å²) in [5, 5.41) is 5.97. The van der Waals surface area contributed by atoms with E-state index >= 15 is 0 Å². The first-order chi connectivity index (χ1) is 14.3. The Labute approximate surface area is 190 Å². The Morgan fingerprint density at radius 1 is 0.742 bits per heavy atom. The SMILES string of the molecule is CC(C)CC(=O)NCCOCCOCCOCC(C)(C)CC(C)(C)NC(=O)CC(C)C. The van der Waals surface area contributed by atoms with Gasteiger partial charge >= 0.3 is 0 Å². The van der Waals surface area contributed by atoms with Crippen molar-refractivity contribution in [2.75, 3.05) is 46.2 Å². The molecule has 0 unspecified atom stereocenters. The number of rotatable bonds is 18. The van der Waals surface area contributed by atoms with E-state index in [0.717, 1.165) is 6.42 Å². The van der Waals surface area contributed by atoms with E-state index in [0.29, 0.717) is 70.9 Å². The minimum Gasteiger partial charge on any atom is -0.379 e. The van der Waals surface area contributed by atoms with Crippen molar-refractivity contribution in [3.8, 4) is 0 Å². The van der Waals surface area contributed by atoms with Gasteiger partial charge in [0.25, 0.3) is 0 Å². The summed E-state index contributed by atoms with van der Waals surface area (Å²) in [7, 11) is 0. The lowest BCUT2D eigenvalue weighted by molar-refractivity contribution is -0.124. The number of ether oxygens (including phenoxy) is 3. The fourth-order valence-electron chi connectivity index (χ4n) is 3.58. The lowest BCUT2D eigenvalue weighted by Gasteiger charge is -2.35. The second kappa shape index (κ2) is 15.6. The van der Waals surface area contributed by atoms with Crippen LogP contribution in [0.15, 0.2) is 0 Å². The maximum atomic E-state index is 12.1. The second-order valence-electron chi connectivity index (χ2n) is 10.6. The molecule has 0 fully saturated rings. The Morgan fingerprint density at radius 3 is 1.77 bits per heavy atom. The van der Waals surface area contributed by atoms with E-state index < -0.39 is 0 Å². The summed E-state index contributed by atoms with van der Waals surface area (Å²) in [4.78, 5) is 23.6. The standard InChI is InChI=1S/C24H48N2O5/c1-19(2)15-21(27)25-9-10-29-11-12-30-13-14-31-18-23(5,6)17-24(7,8)26-22(28)16-20(3)4/h19-20H,9-18H2,1-8H3,(H,25,27)(H,26,28). The van der Waals surface area contributed by atoms with Gasteiger partial charge in [-0.3, -0.25) is 9.59 Å². The molecule has 7 heteroatoms. The Balaban J connectivity index is 3.76. The monoisotopic (exact) mass is 444 g/mol. The van der Waals surface area contributed by atoms with Gasteiger partial charge in [-0.15, -0.1) is 0 Å². The van der Waals surface area contributed by atoms with Crippen molar-refractivity contribution in [3.05, 3.63) is 0 Å². The van der Waals surface area contributed by atoms with Crippen LogP contribution in [0.3, 0.4) is 0 Å². The summed E-state index contributed by atoms with van der Waals surface area (Å²) in [6, 6.07) is 0. The smallest absolute Gasteiger partial charge is 0.220 e. The van der Waals surface area contributed by atoms with Crippen LogP contribution in [0.4, 0.5) is 0 Å². The largest absolute Gasteiger partial charge is 0.379 e. The molecule has 0 atom stereocenters. The molecule has 0 saturated carbocycles. The molecule has 0 aliphatic rings. The van der Waals surface area contributed by atoms with Crippen molar-refractivity contribution >= 4 is 11.8 Å². The molecular formula is C24H48N2O5. The zero-order valence-corrected chi connectivity index (χ0v) is 21.3. The molecule has 0 aromatic carbocycles. The molecule has 7 nitrogen and oxygen atoms in total. The van der Waals surface area contributed by atoms with Crippen LogP contribution in [-0.2, 0) is 23.8 Å². The third-order valence-corrected chi connectivity index (χ3v) is 4.39. The molecule has 2 amide bonds. The van der Waals surface area contributed by atoms with E-state index in [1.165, 1.54) is 0 Å². The quantitative estimate of drug-likeness (QED) is 0.316. The summed E-state index contributed by atoms with van der Waals surface area (Å²) in [5.74, 6) is 0.888. The van der Waals surface area contributed by atoms with Gasteiger partial charge in [0.2, 0.25) is 11.8 Å². The van der Waals surface area contributed by atoms with Crippen LogP contribution in [0, 0.1) is 17.3 Å². The Hall–Kier alpha value is -1.18. The van der Waals surface area contributed by atoms with Gasteiger partial charge in [-0.1, -0.05) is 41.5 Å². The lowest BCUT2D eigenvalue weighted by Crippen LogP contribution is -2.47. The van der Waals surface area contributed by atoms with Gasteiger partial charge in [0.15, 0.2) is 0 Å². The molecule has 2 N–H and O–H groups in total. The first-order valence-electron chi connectivity index (χ1n) is 11.6. The minimum absolute atomic E-state index is 0.0578. The average Bonchev–Trinajstić information content (AvgIpc) is 2.56. The van der Waals surface area contributed by atoms with Crippen molar-refractivity contribution in [2.24, 2.45) is 17.3 Å². The predicted octanol–water partition coefficient (Wildman–Crippen LogP) is 3.56. The van der Waals surface area contributed by atoms with Crippen LogP contribution >= 0.6 is 0 Å². The predicted molar refractivity (Wildman–Crippen MR) is 125 cm³/mol. The minimum atomic E-state index is -0.277. The molecule has 0 aromatic rings. The van der Waals surface area contributed by atoms with Gasteiger partial charge in [0.1, 0.15) is 0 Å². The molecule has 31 heavy (non-hydrogen) atoms. The van der Waals surface area contributed by atoms with E-state index in [-0.39, 0.29) is 22.8 Å². The Morgan fingerprint density at radius 2 is 1.23 bits per heavy atom. The molecule has 184 valence electrons. The van der Waals surface area contributed by atoms with E-state index in [4.69, 9.17) is 14.2 Å². The van der Waals surface area contributed by atoms with Crippen LogP contribution in [0.5, 0.6) is 0 Å². The summed E-state index contributed by atoms with van der Waals surface area (Å²) in [6.07, 6.45) is 1.92. The highest BCUT2D eigenvalue weighted by Gasteiger charge is 2.30. The third-order valence-electron chi connectivity index (χ3n) is 4.39. The molecule has 0 rings (SSSR count). The molecule has 0 bridgehead atoms. The van der Waals surface area contributed by atoms with Gasteiger partial charge in [-0.25, -0.2) is 0 Å². The third kappa shape index (κ3) is 19.2.